The second kappa shape index (κ2) is 7.31. The van der Waals surface area contributed by atoms with E-state index in [9.17, 15) is 4.79 Å². The summed E-state index contributed by atoms with van der Waals surface area (Å²) < 4.78 is 6.38. The average molecular weight is 398 g/mol. The van der Waals surface area contributed by atoms with Gasteiger partial charge < -0.3 is 4.42 Å². The molecule has 3 nitrogen and oxygen atoms in total. The quantitative estimate of drug-likeness (QED) is 0.477. The number of furan rings is 1. The molecule has 1 fully saturated rings. The first kappa shape index (κ1) is 17.5. The molecule has 0 unspecified atom stereocenters. The predicted octanol–water partition coefficient (Wildman–Crippen LogP) is 5.86. The van der Waals surface area contributed by atoms with Crippen molar-refractivity contribution in [2.24, 2.45) is 0 Å². The van der Waals surface area contributed by atoms with Gasteiger partial charge in [-0.2, -0.15) is 0 Å². The summed E-state index contributed by atoms with van der Waals surface area (Å²) in [6.45, 7) is 2.64. The molecule has 0 saturated carbocycles. The van der Waals surface area contributed by atoms with Crippen LogP contribution in [0.1, 0.15) is 19.1 Å². The van der Waals surface area contributed by atoms with Gasteiger partial charge in [0.1, 0.15) is 15.8 Å². The monoisotopic (exact) mass is 397 g/mol. The molecule has 1 saturated heterocycles. The minimum Gasteiger partial charge on any atom is -0.457 e. The molecule has 1 aliphatic heterocycles. The maximum absolute atomic E-state index is 12.4. The lowest BCUT2D eigenvalue weighted by Gasteiger charge is -2.11. The van der Waals surface area contributed by atoms with E-state index in [4.69, 9.17) is 39.8 Å². The van der Waals surface area contributed by atoms with E-state index < -0.39 is 0 Å². The van der Waals surface area contributed by atoms with E-state index in [-0.39, 0.29) is 5.91 Å². The zero-order chi connectivity index (χ0) is 17.3. The highest BCUT2D eigenvalue weighted by Crippen LogP contribution is 2.35. The minimum absolute atomic E-state index is 0.0782. The molecule has 1 aromatic heterocycles. The number of nitrogens with zero attached hydrogens (tertiary/aromatic N) is 1. The zero-order valence-corrected chi connectivity index (χ0v) is 15.9. The van der Waals surface area contributed by atoms with Crippen molar-refractivity contribution < 1.29 is 9.21 Å². The van der Waals surface area contributed by atoms with Gasteiger partial charge in [0, 0.05) is 23.2 Å². The van der Waals surface area contributed by atoms with Crippen LogP contribution in [0, 0.1) is 0 Å². The van der Waals surface area contributed by atoms with Crippen LogP contribution in [0.15, 0.2) is 39.7 Å². The van der Waals surface area contributed by atoms with Crippen molar-refractivity contribution >= 4 is 63.5 Å². The van der Waals surface area contributed by atoms with Gasteiger partial charge in [0.2, 0.25) is 0 Å². The Bertz CT molecular complexity index is 845. The molecule has 1 aromatic carbocycles. The topological polar surface area (TPSA) is 33.5 Å². The standard InChI is InChI=1S/C17H13Cl2NO2S2/c1-2-7-20-16(21)15(24-17(20)23)9-11-4-6-14(22-11)12-8-10(18)3-5-13(12)19/h3-6,8-9H,2,7H2,1H3/b15-9-. The van der Waals surface area contributed by atoms with E-state index in [0.717, 1.165) is 6.42 Å². The molecule has 0 atom stereocenters. The summed E-state index contributed by atoms with van der Waals surface area (Å²) in [5.74, 6) is 1.08. The maximum atomic E-state index is 12.4. The fraction of sp³-hybridized carbons (Fsp3) is 0.176. The van der Waals surface area contributed by atoms with Crippen LogP contribution in [0.25, 0.3) is 17.4 Å². The van der Waals surface area contributed by atoms with E-state index in [2.05, 4.69) is 0 Å². The van der Waals surface area contributed by atoms with Gasteiger partial charge in [-0.05, 0) is 36.8 Å². The molecule has 7 heteroatoms. The lowest BCUT2D eigenvalue weighted by atomic mass is 10.2. The van der Waals surface area contributed by atoms with Crippen LogP contribution in [-0.2, 0) is 4.79 Å². The molecule has 0 spiro atoms. The average Bonchev–Trinajstić information content (AvgIpc) is 3.11. The summed E-state index contributed by atoms with van der Waals surface area (Å²) >= 11 is 18.7. The zero-order valence-electron chi connectivity index (χ0n) is 12.7. The van der Waals surface area contributed by atoms with E-state index in [1.165, 1.54) is 11.8 Å². The van der Waals surface area contributed by atoms with Crippen molar-refractivity contribution in [3.8, 4) is 11.3 Å². The van der Waals surface area contributed by atoms with E-state index in [1.54, 1.807) is 41.3 Å². The van der Waals surface area contributed by atoms with Crippen LogP contribution in [0.3, 0.4) is 0 Å². The summed E-state index contributed by atoms with van der Waals surface area (Å²) in [5.41, 5.74) is 0.711. The molecular formula is C17H13Cl2NO2S2. The predicted molar refractivity (Wildman–Crippen MR) is 104 cm³/mol. The minimum atomic E-state index is -0.0782. The number of thioether (sulfide) groups is 1. The largest absolute Gasteiger partial charge is 0.457 e. The van der Waals surface area contributed by atoms with Crippen molar-refractivity contribution in [3.63, 3.8) is 0 Å². The van der Waals surface area contributed by atoms with Gasteiger partial charge in [0.05, 0.1) is 9.93 Å². The molecule has 0 radical (unpaired) electrons. The van der Waals surface area contributed by atoms with Crippen LogP contribution >= 0.6 is 47.2 Å². The summed E-state index contributed by atoms with van der Waals surface area (Å²) in [6.07, 6.45) is 2.56. The molecule has 1 amide bonds. The number of halogens is 2. The van der Waals surface area contributed by atoms with Crippen LogP contribution in [0.5, 0.6) is 0 Å². The number of thiocarbonyl (C=S) groups is 1. The number of carbonyl (C=O) groups excluding carboxylic acids is 1. The van der Waals surface area contributed by atoms with Crippen molar-refractivity contribution in [1.82, 2.24) is 4.90 Å². The SMILES string of the molecule is CCCN1C(=O)/C(=C/c2ccc(-c3cc(Cl)ccc3Cl)o2)SC1=S. The molecule has 3 rings (SSSR count). The van der Waals surface area contributed by atoms with Crippen LogP contribution in [0.4, 0.5) is 0 Å². The maximum Gasteiger partial charge on any atom is 0.266 e. The lowest BCUT2D eigenvalue weighted by molar-refractivity contribution is -0.122. The smallest absolute Gasteiger partial charge is 0.266 e. The summed E-state index contributed by atoms with van der Waals surface area (Å²) in [4.78, 5) is 14.5. The van der Waals surface area contributed by atoms with Gasteiger partial charge in [-0.15, -0.1) is 0 Å². The van der Waals surface area contributed by atoms with Gasteiger partial charge in [0.25, 0.3) is 5.91 Å². The Labute approximate surface area is 159 Å². The summed E-state index contributed by atoms with van der Waals surface area (Å²) in [5, 5.41) is 1.13. The van der Waals surface area contributed by atoms with Crippen molar-refractivity contribution in [2.75, 3.05) is 6.54 Å². The molecule has 0 aliphatic carbocycles. The highest BCUT2D eigenvalue weighted by molar-refractivity contribution is 8.26. The molecule has 2 aromatic rings. The second-order valence-corrected chi connectivity index (χ2v) is 7.68. The molecule has 2 heterocycles. The van der Waals surface area contributed by atoms with Gasteiger partial charge in [0.15, 0.2) is 0 Å². The van der Waals surface area contributed by atoms with Crippen LogP contribution < -0.4 is 0 Å². The van der Waals surface area contributed by atoms with Gasteiger partial charge in [-0.3, -0.25) is 9.69 Å². The van der Waals surface area contributed by atoms with E-state index in [0.29, 0.717) is 42.9 Å². The number of hydrogen-bond acceptors (Lipinski definition) is 4. The molecule has 0 N–H and O–H groups in total. The van der Waals surface area contributed by atoms with E-state index in [1.807, 2.05) is 6.92 Å². The van der Waals surface area contributed by atoms with Crippen LogP contribution in [-0.4, -0.2) is 21.7 Å². The Morgan fingerprint density at radius 1 is 1.29 bits per heavy atom. The first-order chi connectivity index (χ1) is 11.5. The van der Waals surface area contributed by atoms with Crippen LogP contribution in [0.2, 0.25) is 10.0 Å². The molecule has 24 heavy (non-hydrogen) atoms. The second-order valence-electron chi connectivity index (χ2n) is 5.16. The first-order valence-electron chi connectivity index (χ1n) is 7.30. The number of amides is 1. The Morgan fingerprint density at radius 3 is 2.83 bits per heavy atom. The molecular weight excluding hydrogens is 385 g/mol. The van der Waals surface area contributed by atoms with Gasteiger partial charge in [-0.1, -0.05) is 54.1 Å². The number of rotatable bonds is 4. The normalized spacial score (nSPS) is 16.5. The Hall–Kier alpha value is -1.27. The third-order valence-corrected chi connectivity index (χ3v) is 5.36. The molecule has 1 aliphatic rings. The molecule has 0 bridgehead atoms. The number of carbonyl (C=O) groups is 1. The summed E-state index contributed by atoms with van der Waals surface area (Å²) in [6, 6.07) is 8.77. The lowest BCUT2D eigenvalue weighted by Crippen LogP contribution is -2.28. The fourth-order valence-corrected chi connectivity index (χ4v) is 3.98. The summed E-state index contributed by atoms with van der Waals surface area (Å²) in [7, 11) is 0. The Kier molecular flexibility index (Phi) is 5.35. The van der Waals surface area contributed by atoms with E-state index >= 15 is 0 Å². The Balaban J connectivity index is 1.88. The highest BCUT2D eigenvalue weighted by atomic mass is 35.5. The Morgan fingerprint density at radius 2 is 2.08 bits per heavy atom. The highest BCUT2D eigenvalue weighted by Gasteiger charge is 2.31. The first-order valence-corrected chi connectivity index (χ1v) is 9.28. The van der Waals surface area contributed by atoms with Crippen molar-refractivity contribution in [2.45, 2.75) is 13.3 Å². The molecule has 124 valence electrons. The van der Waals surface area contributed by atoms with Crippen molar-refractivity contribution in [1.29, 1.82) is 0 Å². The van der Waals surface area contributed by atoms with Crippen molar-refractivity contribution in [3.05, 3.63) is 51.0 Å². The van der Waals surface area contributed by atoms with Gasteiger partial charge >= 0.3 is 0 Å². The third kappa shape index (κ3) is 3.54. The number of hydrogen-bond donors (Lipinski definition) is 0. The number of benzene rings is 1. The third-order valence-electron chi connectivity index (χ3n) is 3.41. The fourth-order valence-electron chi connectivity index (χ4n) is 2.31. The van der Waals surface area contributed by atoms with Gasteiger partial charge in [-0.25, -0.2) is 0 Å².